The highest BCUT2D eigenvalue weighted by Crippen LogP contribution is 2.34. The molecular formula is C26H19Cl3N2O5S. The topological polar surface area (TPSA) is 93.7 Å². The van der Waals surface area contributed by atoms with Crippen LogP contribution in [0.1, 0.15) is 10.4 Å². The molecule has 0 bridgehead atoms. The molecule has 0 aromatic heterocycles. The number of ether oxygens (including phenoxy) is 2. The minimum absolute atomic E-state index is 0.00298. The summed E-state index contributed by atoms with van der Waals surface area (Å²) < 4.78 is 39.6. The van der Waals surface area contributed by atoms with Crippen LogP contribution in [0.4, 0.5) is 11.4 Å². The number of methoxy groups -OCH3 is 1. The van der Waals surface area contributed by atoms with Gasteiger partial charge in [-0.25, -0.2) is 8.42 Å². The molecule has 0 saturated heterocycles. The van der Waals surface area contributed by atoms with E-state index in [0.717, 1.165) is 0 Å². The second-order valence-corrected chi connectivity index (χ2v) is 10.5. The molecule has 4 rings (SSSR count). The Morgan fingerprint density at radius 2 is 1.51 bits per heavy atom. The van der Waals surface area contributed by atoms with Gasteiger partial charge in [-0.3, -0.25) is 9.52 Å². The highest BCUT2D eigenvalue weighted by atomic mass is 35.5. The molecule has 0 heterocycles. The molecule has 0 aliphatic carbocycles. The molecule has 4 aromatic carbocycles. The maximum atomic E-state index is 13.1. The first-order chi connectivity index (χ1) is 17.7. The molecular weight excluding hydrogens is 559 g/mol. The van der Waals surface area contributed by atoms with Crippen molar-refractivity contribution in [2.24, 2.45) is 0 Å². The Balaban J connectivity index is 1.57. The van der Waals surface area contributed by atoms with Gasteiger partial charge in [0.1, 0.15) is 11.5 Å². The number of para-hydroxylation sites is 2. The normalized spacial score (nSPS) is 11.0. The van der Waals surface area contributed by atoms with Gasteiger partial charge in [0.05, 0.1) is 39.0 Å². The summed E-state index contributed by atoms with van der Waals surface area (Å²) in [4.78, 5) is 13.1. The Morgan fingerprint density at radius 3 is 2.22 bits per heavy atom. The van der Waals surface area contributed by atoms with Crippen molar-refractivity contribution >= 4 is 62.1 Å². The van der Waals surface area contributed by atoms with Crippen LogP contribution in [0.5, 0.6) is 17.2 Å². The van der Waals surface area contributed by atoms with E-state index in [1.165, 1.54) is 49.6 Å². The van der Waals surface area contributed by atoms with Gasteiger partial charge in [0, 0.05) is 5.02 Å². The molecule has 11 heteroatoms. The standard InChI is InChI=1S/C26H19Cl3N2O5S/c1-35-25-21(29)6-4-7-23(25)30-26(32)19-15-16(27)9-14-22(19)31-37(33,34)18-12-10-17(11-13-18)36-24-8-3-2-5-20(24)28/h2-15,31H,1H3,(H,30,32). The summed E-state index contributed by atoms with van der Waals surface area (Å²) in [6.07, 6.45) is 0. The van der Waals surface area contributed by atoms with E-state index in [-0.39, 0.29) is 26.9 Å². The van der Waals surface area contributed by atoms with Gasteiger partial charge in [0.25, 0.3) is 15.9 Å². The van der Waals surface area contributed by atoms with Crippen LogP contribution >= 0.6 is 34.8 Å². The monoisotopic (exact) mass is 576 g/mol. The van der Waals surface area contributed by atoms with Crippen LogP contribution in [0, 0.1) is 0 Å². The van der Waals surface area contributed by atoms with Crippen molar-refractivity contribution < 1.29 is 22.7 Å². The van der Waals surface area contributed by atoms with Gasteiger partial charge < -0.3 is 14.8 Å². The molecule has 0 atom stereocenters. The molecule has 0 aliphatic rings. The Bertz CT molecular complexity index is 1560. The number of hydrogen-bond acceptors (Lipinski definition) is 5. The van der Waals surface area contributed by atoms with Gasteiger partial charge in [-0.1, -0.05) is 53.0 Å². The van der Waals surface area contributed by atoms with Crippen molar-refractivity contribution in [3.8, 4) is 17.2 Å². The maximum absolute atomic E-state index is 13.1. The zero-order chi connectivity index (χ0) is 26.6. The molecule has 0 spiro atoms. The van der Waals surface area contributed by atoms with Gasteiger partial charge >= 0.3 is 0 Å². The average molecular weight is 578 g/mol. The second kappa shape index (κ2) is 11.3. The molecule has 0 saturated carbocycles. The molecule has 0 unspecified atom stereocenters. The van der Waals surface area contributed by atoms with Gasteiger partial charge in [0.15, 0.2) is 5.75 Å². The zero-order valence-electron chi connectivity index (χ0n) is 19.2. The van der Waals surface area contributed by atoms with Crippen LogP contribution in [0.15, 0.2) is 89.8 Å². The van der Waals surface area contributed by atoms with E-state index in [1.807, 2.05) is 0 Å². The summed E-state index contributed by atoms with van der Waals surface area (Å²) in [6, 6.07) is 21.7. The Kier molecular flexibility index (Phi) is 8.14. The fourth-order valence-corrected chi connectivity index (χ4v) is 5.02. The van der Waals surface area contributed by atoms with E-state index in [4.69, 9.17) is 44.3 Å². The molecule has 2 N–H and O–H groups in total. The van der Waals surface area contributed by atoms with Gasteiger partial charge in [0.2, 0.25) is 0 Å². The predicted molar refractivity (Wildman–Crippen MR) is 146 cm³/mol. The highest BCUT2D eigenvalue weighted by molar-refractivity contribution is 7.92. The smallest absolute Gasteiger partial charge is 0.261 e. The molecule has 0 radical (unpaired) electrons. The number of benzene rings is 4. The Hall–Kier alpha value is -3.43. The van der Waals surface area contributed by atoms with Crippen molar-refractivity contribution in [1.82, 2.24) is 0 Å². The lowest BCUT2D eigenvalue weighted by Crippen LogP contribution is -2.19. The maximum Gasteiger partial charge on any atom is 0.261 e. The summed E-state index contributed by atoms with van der Waals surface area (Å²) in [5, 5.41) is 3.64. The fourth-order valence-electron chi connectivity index (χ4n) is 3.34. The lowest BCUT2D eigenvalue weighted by Gasteiger charge is -2.15. The third-order valence-electron chi connectivity index (χ3n) is 5.09. The molecule has 190 valence electrons. The molecule has 4 aromatic rings. The number of halogens is 3. The molecule has 0 fully saturated rings. The van der Waals surface area contributed by atoms with E-state index in [2.05, 4.69) is 10.0 Å². The molecule has 7 nitrogen and oxygen atoms in total. The number of rotatable bonds is 8. The van der Waals surface area contributed by atoms with Crippen molar-refractivity contribution in [3.63, 3.8) is 0 Å². The number of hydrogen-bond donors (Lipinski definition) is 2. The van der Waals surface area contributed by atoms with E-state index < -0.39 is 15.9 Å². The van der Waals surface area contributed by atoms with E-state index in [9.17, 15) is 13.2 Å². The van der Waals surface area contributed by atoms with Crippen LogP contribution in [-0.2, 0) is 10.0 Å². The summed E-state index contributed by atoms with van der Waals surface area (Å²) >= 11 is 18.3. The summed E-state index contributed by atoms with van der Waals surface area (Å²) in [7, 11) is -2.66. The Labute approximate surface area is 228 Å². The van der Waals surface area contributed by atoms with Crippen LogP contribution in [0.2, 0.25) is 15.1 Å². The predicted octanol–water partition coefficient (Wildman–Crippen LogP) is 7.50. The third kappa shape index (κ3) is 6.29. The van der Waals surface area contributed by atoms with Crippen LogP contribution in [-0.4, -0.2) is 21.4 Å². The number of amides is 1. The molecule has 37 heavy (non-hydrogen) atoms. The van der Waals surface area contributed by atoms with Crippen molar-refractivity contribution in [1.29, 1.82) is 0 Å². The van der Waals surface area contributed by atoms with Crippen LogP contribution in [0.3, 0.4) is 0 Å². The number of carbonyl (C=O) groups excluding carboxylic acids is 1. The lowest BCUT2D eigenvalue weighted by molar-refractivity contribution is 0.102. The zero-order valence-corrected chi connectivity index (χ0v) is 22.3. The van der Waals surface area contributed by atoms with Gasteiger partial charge in [-0.2, -0.15) is 0 Å². The second-order valence-electron chi connectivity index (χ2n) is 7.57. The van der Waals surface area contributed by atoms with Gasteiger partial charge in [-0.15, -0.1) is 0 Å². The fraction of sp³-hybridized carbons (Fsp3) is 0.0385. The third-order valence-corrected chi connectivity index (χ3v) is 7.31. The lowest BCUT2D eigenvalue weighted by atomic mass is 10.1. The van der Waals surface area contributed by atoms with E-state index in [0.29, 0.717) is 27.2 Å². The highest BCUT2D eigenvalue weighted by Gasteiger charge is 2.21. The van der Waals surface area contributed by atoms with Crippen molar-refractivity contribution in [2.45, 2.75) is 4.90 Å². The van der Waals surface area contributed by atoms with Crippen molar-refractivity contribution in [2.75, 3.05) is 17.1 Å². The van der Waals surface area contributed by atoms with Crippen LogP contribution < -0.4 is 19.5 Å². The molecule has 1 amide bonds. The molecule has 0 aliphatic heterocycles. The first kappa shape index (κ1) is 26.6. The Morgan fingerprint density at radius 1 is 0.811 bits per heavy atom. The first-order valence-electron chi connectivity index (χ1n) is 10.7. The summed E-state index contributed by atoms with van der Waals surface area (Å²) in [5.74, 6) is 0.477. The van der Waals surface area contributed by atoms with Crippen LogP contribution in [0.25, 0.3) is 0 Å². The SMILES string of the molecule is COc1c(Cl)cccc1NC(=O)c1cc(Cl)ccc1NS(=O)(=O)c1ccc(Oc2ccccc2Cl)cc1. The number of anilines is 2. The summed E-state index contributed by atoms with van der Waals surface area (Å²) in [6.45, 7) is 0. The number of nitrogens with one attached hydrogen (secondary N) is 2. The van der Waals surface area contributed by atoms with E-state index in [1.54, 1.807) is 42.5 Å². The number of sulfonamides is 1. The largest absolute Gasteiger partial charge is 0.493 e. The minimum atomic E-state index is -4.07. The quantitative estimate of drug-likeness (QED) is 0.226. The van der Waals surface area contributed by atoms with Gasteiger partial charge in [-0.05, 0) is 66.7 Å². The minimum Gasteiger partial charge on any atom is -0.493 e. The van der Waals surface area contributed by atoms with Crippen molar-refractivity contribution in [3.05, 3.63) is 106 Å². The first-order valence-corrected chi connectivity index (χ1v) is 13.3. The summed E-state index contributed by atoms with van der Waals surface area (Å²) in [5.41, 5.74) is 0.332. The average Bonchev–Trinajstić information content (AvgIpc) is 2.87. The van der Waals surface area contributed by atoms with E-state index >= 15 is 0 Å². The number of carbonyl (C=O) groups is 1.